The number of hydrogen-bond acceptors (Lipinski definition) is 1. The van der Waals surface area contributed by atoms with Crippen LogP contribution in [-0.2, 0) is 6.18 Å². The fourth-order valence-electron chi connectivity index (χ4n) is 1.36. The van der Waals surface area contributed by atoms with Crippen LogP contribution in [0, 0.1) is 0 Å². The predicted octanol–water partition coefficient (Wildman–Crippen LogP) is 4.31. The van der Waals surface area contributed by atoms with Gasteiger partial charge in [-0.25, -0.2) is 0 Å². The first-order valence-corrected chi connectivity index (χ1v) is 5.07. The van der Waals surface area contributed by atoms with Gasteiger partial charge in [0.05, 0.1) is 17.0 Å². The number of nitrogens with two attached hydrogens (primary N) is 1. The number of rotatable bonds is 2. The zero-order chi connectivity index (χ0) is 14.1. The van der Waals surface area contributed by atoms with Gasteiger partial charge >= 0.3 is 12.4 Å². The molecule has 0 unspecified atom stereocenters. The quantitative estimate of drug-likeness (QED) is 0.807. The van der Waals surface area contributed by atoms with E-state index >= 15 is 0 Å². The van der Waals surface area contributed by atoms with Crippen molar-refractivity contribution in [2.24, 2.45) is 5.73 Å². The average Bonchev–Trinajstić information content (AvgIpc) is 2.13. The van der Waals surface area contributed by atoms with Crippen molar-refractivity contribution >= 4 is 11.6 Å². The molecule has 0 spiro atoms. The maximum atomic E-state index is 12.5. The van der Waals surface area contributed by atoms with Crippen molar-refractivity contribution in [2.75, 3.05) is 0 Å². The first-order valence-electron chi connectivity index (χ1n) is 4.69. The number of halogens is 7. The highest BCUT2D eigenvalue weighted by molar-refractivity contribution is 6.31. The van der Waals surface area contributed by atoms with Crippen molar-refractivity contribution in [3.63, 3.8) is 0 Å². The SMILES string of the molecule is N[C@@H](CC(F)(F)F)c1ccc(Cl)c(C(F)(F)F)c1. The lowest BCUT2D eigenvalue weighted by Crippen LogP contribution is -2.20. The molecular weight excluding hydrogens is 284 g/mol. The first-order chi connectivity index (χ1) is 8.00. The molecule has 1 rings (SSSR count). The van der Waals surface area contributed by atoms with Crippen LogP contribution in [0.2, 0.25) is 5.02 Å². The maximum absolute atomic E-state index is 12.5. The number of alkyl halides is 6. The Labute approximate surface area is 104 Å². The number of benzene rings is 1. The van der Waals surface area contributed by atoms with Crippen LogP contribution in [0.4, 0.5) is 26.3 Å². The van der Waals surface area contributed by atoms with Crippen LogP contribution in [0.15, 0.2) is 18.2 Å². The van der Waals surface area contributed by atoms with E-state index in [0.29, 0.717) is 6.07 Å². The van der Waals surface area contributed by atoms with Gasteiger partial charge in [0.1, 0.15) is 0 Å². The van der Waals surface area contributed by atoms with E-state index in [4.69, 9.17) is 17.3 Å². The van der Waals surface area contributed by atoms with Crippen LogP contribution in [0.5, 0.6) is 0 Å². The lowest BCUT2D eigenvalue weighted by Gasteiger charge is -2.17. The monoisotopic (exact) mass is 291 g/mol. The maximum Gasteiger partial charge on any atom is 0.417 e. The summed E-state index contributed by atoms with van der Waals surface area (Å²) >= 11 is 5.34. The van der Waals surface area contributed by atoms with E-state index in [1.54, 1.807) is 0 Å². The Morgan fingerprint density at radius 2 is 1.67 bits per heavy atom. The third-order valence-corrected chi connectivity index (χ3v) is 2.50. The average molecular weight is 292 g/mol. The largest absolute Gasteiger partial charge is 0.417 e. The van der Waals surface area contributed by atoms with Gasteiger partial charge in [0, 0.05) is 6.04 Å². The molecule has 102 valence electrons. The summed E-state index contributed by atoms with van der Waals surface area (Å²) in [5, 5.41) is -0.578. The Morgan fingerprint density at radius 3 is 2.11 bits per heavy atom. The molecule has 0 radical (unpaired) electrons. The van der Waals surface area contributed by atoms with Crippen LogP contribution in [0.1, 0.15) is 23.6 Å². The van der Waals surface area contributed by atoms with Gasteiger partial charge in [-0.15, -0.1) is 0 Å². The fourth-order valence-corrected chi connectivity index (χ4v) is 1.58. The zero-order valence-corrected chi connectivity index (χ0v) is 9.50. The Bertz CT molecular complexity index is 425. The molecule has 1 atom stereocenters. The van der Waals surface area contributed by atoms with Gasteiger partial charge in [0.2, 0.25) is 0 Å². The van der Waals surface area contributed by atoms with Crippen LogP contribution in [0.25, 0.3) is 0 Å². The molecule has 0 saturated carbocycles. The normalized spacial score (nSPS) is 14.7. The minimum absolute atomic E-state index is 0.260. The summed E-state index contributed by atoms with van der Waals surface area (Å²) < 4.78 is 73.7. The van der Waals surface area contributed by atoms with E-state index in [0.717, 1.165) is 12.1 Å². The summed E-state index contributed by atoms with van der Waals surface area (Å²) in [6.45, 7) is 0. The van der Waals surface area contributed by atoms with Gasteiger partial charge in [-0.2, -0.15) is 26.3 Å². The van der Waals surface area contributed by atoms with Gasteiger partial charge in [-0.3, -0.25) is 0 Å². The summed E-state index contributed by atoms with van der Waals surface area (Å²) in [4.78, 5) is 0. The molecule has 18 heavy (non-hydrogen) atoms. The molecule has 8 heteroatoms. The molecule has 0 amide bonds. The summed E-state index contributed by atoms with van der Waals surface area (Å²) in [5.41, 5.74) is 3.76. The number of hydrogen-bond donors (Lipinski definition) is 1. The zero-order valence-electron chi connectivity index (χ0n) is 8.74. The van der Waals surface area contributed by atoms with E-state index in [9.17, 15) is 26.3 Å². The van der Waals surface area contributed by atoms with E-state index in [2.05, 4.69) is 0 Å². The van der Waals surface area contributed by atoms with Gasteiger partial charge in [-0.05, 0) is 17.7 Å². The Balaban J connectivity index is 3.06. The van der Waals surface area contributed by atoms with E-state index < -0.39 is 35.4 Å². The predicted molar refractivity (Wildman–Crippen MR) is 54.1 cm³/mol. The topological polar surface area (TPSA) is 26.0 Å². The molecule has 0 saturated heterocycles. The standard InChI is InChI=1S/C10H8ClF6N/c11-7-2-1-5(3-6(7)10(15,16)17)8(18)4-9(12,13)14/h1-3,8H,4,18H2/t8-/m0/s1. The van der Waals surface area contributed by atoms with Gasteiger partial charge in [0.25, 0.3) is 0 Å². The molecule has 1 aromatic rings. The smallest absolute Gasteiger partial charge is 0.324 e. The minimum atomic E-state index is -4.73. The van der Waals surface area contributed by atoms with E-state index in [1.807, 2.05) is 0 Å². The Kier molecular flexibility index (Phi) is 4.17. The fraction of sp³-hybridized carbons (Fsp3) is 0.400. The summed E-state index contributed by atoms with van der Waals surface area (Å²) in [7, 11) is 0. The lowest BCUT2D eigenvalue weighted by atomic mass is 10.0. The second kappa shape index (κ2) is 4.97. The molecule has 0 aliphatic rings. The van der Waals surface area contributed by atoms with Crippen molar-refractivity contribution < 1.29 is 26.3 Å². The highest BCUT2D eigenvalue weighted by atomic mass is 35.5. The molecule has 1 aromatic carbocycles. The molecule has 0 heterocycles. The van der Waals surface area contributed by atoms with Crippen LogP contribution in [-0.4, -0.2) is 6.18 Å². The minimum Gasteiger partial charge on any atom is -0.324 e. The van der Waals surface area contributed by atoms with Crippen molar-refractivity contribution in [3.05, 3.63) is 34.3 Å². The highest BCUT2D eigenvalue weighted by Gasteiger charge is 2.35. The van der Waals surface area contributed by atoms with Crippen molar-refractivity contribution in [1.82, 2.24) is 0 Å². The van der Waals surface area contributed by atoms with Gasteiger partial charge < -0.3 is 5.73 Å². The summed E-state index contributed by atoms with van der Waals surface area (Å²) in [6.07, 6.45) is -10.7. The second-order valence-corrected chi connectivity index (χ2v) is 4.07. The molecule has 0 fully saturated rings. The van der Waals surface area contributed by atoms with Gasteiger partial charge in [-0.1, -0.05) is 17.7 Å². The lowest BCUT2D eigenvalue weighted by molar-refractivity contribution is -0.138. The highest BCUT2D eigenvalue weighted by Crippen LogP contribution is 2.37. The summed E-state index contributed by atoms with van der Waals surface area (Å²) in [5.74, 6) is 0. The van der Waals surface area contributed by atoms with Gasteiger partial charge in [0.15, 0.2) is 0 Å². The summed E-state index contributed by atoms with van der Waals surface area (Å²) in [6, 6.07) is 0.922. The first kappa shape index (κ1) is 15.1. The molecule has 1 nitrogen and oxygen atoms in total. The van der Waals surface area contributed by atoms with E-state index in [-0.39, 0.29) is 5.56 Å². The third kappa shape index (κ3) is 4.06. The van der Waals surface area contributed by atoms with Crippen molar-refractivity contribution in [2.45, 2.75) is 24.8 Å². The van der Waals surface area contributed by atoms with E-state index in [1.165, 1.54) is 0 Å². The third-order valence-electron chi connectivity index (χ3n) is 2.18. The molecule has 0 aromatic heterocycles. The van der Waals surface area contributed by atoms with Crippen molar-refractivity contribution in [3.8, 4) is 0 Å². The molecule has 0 aliphatic carbocycles. The Morgan fingerprint density at radius 1 is 1.11 bits per heavy atom. The molecular formula is C10H8ClF6N. The molecule has 2 N–H and O–H groups in total. The van der Waals surface area contributed by atoms with Crippen molar-refractivity contribution in [1.29, 1.82) is 0 Å². The van der Waals surface area contributed by atoms with Crippen LogP contribution >= 0.6 is 11.6 Å². The van der Waals surface area contributed by atoms with Crippen LogP contribution in [0.3, 0.4) is 0 Å². The second-order valence-electron chi connectivity index (χ2n) is 3.66. The Hall–Kier alpha value is -0.950. The molecule has 0 bridgehead atoms. The molecule has 0 aliphatic heterocycles. The van der Waals surface area contributed by atoms with Crippen LogP contribution < -0.4 is 5.73 Å².